The fourth-order valence-corrected chi connectivity index (χ4v) is 2.42. The van der Waals surface area contributed by atoms with E-state index in [0.717, 1.165) is 0 Å². The standard InChI is InChI=1S/C4H8N2OS3/c7-2-1-4(9)6-5-3(8)10-4/h6-7,9H,1-2H2,(H,5,8). The number of aliphatic hydroxyl groups excluding tert-OH is 1. The Morgan fingerprint density at radius 3 is 2.90 bits per heavy atom. The van der Waals surface area contributed by atoms with Gasteiger partial charge in [-0.1, -0.05) is 24.0 Å². The van der Waals surface area contributed by atoms with Crippen molar-refractivity contribution in [3.05, 3.63) is 0 Å². The minimum atomic E-state index is -0.425. The lowest BCUT2D eigenvalue weighted by molar-refractivity contribution is 0.276. The monoisotopic (exact) mass is 196 g/mol. The van der Waals surface area contributed by atoms with E-state index in [1.807, 2.05) is 0 Å². The summed E-state index contributed by atoms with van der Waals surface area (Å²) in [6, 6.07) is 0. The van der Waals surface area contributed by atoms with Crippen LogP contribution in [0.4, 0.5) is 0 Å². The summed E-state index contributed by atoms with van der Waals surface area (Å²) >= 11 is 10.5. The van der Waals surface area contributed by atoms with Gasteiger partial charge in [-0.05, 0) is 0 Å². The van der Waals surface area contributed by atoms with E-state index in [0.29, 0.717) is 10.7 Å². The first-order valence-electron chi connectivity index (χ1n) is 2.76. The molecule has 1 aliphatic heterocycles. The molecule has 0 radical (unpaired) electrons. The van der Waals surface area contributed by atoms with Crippen LogP contribution in [0.25, 0.3) is 0 Å². The van der Waals surface area contributed by atoms with Gasteiger partial charge in [-0.3, -0.25) is 0 Å². The molecular formula is C4H8N2OS3. The molecule has 1 atom stereocenters. The van der Waals surface area contributed by atoms with Crippen molar-refractivity contribution in [1.29, 1.82) is 0 Å². The largest absolute Gasteiger partial charge is 0.396 e. The van der Waals surface area contributed by atoms with Gasteiger partial charge in [0.1, 0.15) is 4.20 Å². The first kappa shape index (κ1) is 8.61. The number of hydrogen-bond donors (Lipinski definition) is 4. The van der Waals surface area contributed by atoms with Crippen molar-refractivity contribution in [3.8, 4) is 0 Å². The number of hydrogen-bond acceptors (Lipinski definition) is 5. The van der Waals surface area contributed by atoms with Crippen molar-refractivity contribution >= 4 is 40.9 Å². The second-order valence-corrected chi connectivity index (χ2v) is 4.94. The zero-order valence-corrected chi connectivity index (χ0v) is 7.65. The fourth-order valence-electron chi connectivity index (χ4n) is 0.618. The van der Waals surface area contributed by atoms with Gasteiger partial charge in [-0.25, -0.2) is 5.43 Å². The maximum absolute atomic E-state index is 8.60. The van der Waals surface area contributed by atoms with Gasteiger partial charge in [0.2, 0.25) is 0 Å². The van der Waals surface area contributed by atoms with Crippen molar-refractivity contribution in [2.45, 2.75) is 10.6 Å². The Kier molecular flexibility index (Phi) is 2.81. The molecule has 58 valence electrons. The molecule has 0 aromatic heterocycles. The van der Waals surface area contributed by atoms with E-state index in [-0.39, 0.29) is 6.61 Å². The van der Waals surface area contributed by atoms with E-state index in [9.17, 15) is 0 Å². The van der Waals surface area contributed by atoms with E-state index >= 15 is 0 Å². The lowest BCUT2D eigenvalue weighted by Crippen LogP contribution is -2.38. The fraction of sp³-hybridized carbons (Fsp3) is 0.750. The molecule has 1 aliphatic rings. The Morgan fingerprint density at radius 1 is 1.80 bits per heavy atom. The van der Waals surface area contributed by atoms with Gasteiger partial charge in [-0.15, -0.1) is 12.6 Å². The lowest BCUT2D eigenvalue weighted by atomic mass is 10.4. The van der Waals surface area contributed by atoms with Crippen LogP contribution in [0, 0.1) is 0 Å². The first-order chi connectivity index (χ1) is 4.66. The summed E-state index contributed by atoms with van der Waals surface area (Å²) in [7, 11) is 0. The van der Waals surface area contributed by atoms with Crippen molar-refractivity contribution in [2.75, 3.05) is 6.61 Å². The quantitative estimate of drug-likeness (QED) is 0.372. The van der Waals surface area contributed by atoms with E-state index in [4.69, 9.17) is 17.3 Å². The molecule has 10 heavy (non-hydrogen) atoms. The van der Waals surface area contributed by atoms with Crippen LogP contribution in [0.3, 0.4) is 0 Å². The van der Waals surface area contributed by atoms with Crippen LogP contribution in [0.15, 0.2) is 0 Å². The molecule has 3 nitrogen and oxygen atoms in total. The van der Waals surface area contributed by atoms with Crippen LogP contribution in [-0.2, 0) is 0 Å². The van der Waals surface area contributed by atoms with Crippen molar-refractivity contribution in [2.24, 2.45) is 0 Å². The van der Waals surface area contributed by atoms with Gasteiger partial charge in [0.15, 0.2) is 4.32 Å². The summed E-state index contributed by atoms with van der Waals surface area (Å²) in [6.07, 6.45) is 0.563. The number of thiocarbonyl (C=S) groups is 1. The van der Waals surface area contributed by atoms with E-state index < -0.39 is 4.20 Å². The molecule has 0 aromatic carbocycles. The topological polar surface area (TPSA) is 44.3 Å². The molecule has 0 aromatic rings. The van der Waals surface area contributed by atoms with Crippen LogP contribution in [0.1, 0.15) is 6.42 Å². The van der Waals surface area contributed by atoms with Gasteiger partial charge in [0.05, 0.1) is 0 Å². The summed E-state index contributed by atoms with van der Waals surface area (Å²) in [5.74, 6) is 0. The van der Waals surface area contributed by atoms with E-state index in [1.54, 1.807) is 0 Å². The molecule has 1 heterocycles. The average Bonchev–Trinajstić information content (AvgIpc) is 2.12. The number of thioether (sulfide) groups is 1. The smallest absolute Gasteiger partial charge is 0.150 e. The van der Waals surface area contributed by atoms with Crippen LogP contribution in [-0.4, -0.2) is 20.2 Å². The van der Waals surface area contributed by atoms with Crippen LogP contribution >= 0.6 is 36.6 Å². The average molecular weight is 196 g/mol. The first-order valence-corrected chi connectivity index (χ1v) is 4.43. The Morgan fingerprint density at radius 2 is 2.50 bits per heavy atom. The molecule has 0 amide bonds. The highest BCUT2D eigenvalue weighted by Gasteiger charge is 2.32. The Balaban J connectivity index is 2.46. The highest BCUT2D eigenvalue weighted by molar-refractivity contribution is 8.28. The molecule has 1 unspecified atom stereocenters. The Hall–Kier alpha value is 0.510. The third-order valence-electron chi connectivity index (χ3n) is 1.07. The molecule has 6 heteroatoms. The van der Waals surface area contributed by atoms with Gasteiger partial charge in [0.25, 0.3) is 0 Å². The van der Waals surface area contributed by atoms with Gasteiger partial charge >= 0.3 is 0 Å². The number of nitrogens with one attached hydrogen (secondary N) is 2. The van der Waals surface area contributed by atoms with Crippen LogP contribution in [0.5, 0.6) is 0 Å². The Bertz CT molecular complexity index is 153. The molecule has 0 bridgehead atoms. The third-order valence-corrected chi connectivity index (χ3v) is 2.96. The van der Waals surface area contributed by atoms with Crippen molar-refractivity contribution in [1.82, 2.24) is 10.9 Å². The summed E-state index contributed by atoms with van der Waals surface area (Å²) in [6.45, 7) is 0.105. The minimum Gasteiger partial charge on any atom is -0.396 e. The number of hydrazine groups is 1. The highest BCUT2D eigenvalue weighted by Crippen LogP contribution is 2.33. The second kappa shape index (κ2) is 3.27. The molecule has 1 saturated heterocycles. The summed E-state index contributed by atoms with van der Waals surface area (Å²) in [4.78, 5) is 0. The molecule has 0 aliphatic carbocycles. The van der Waals surface area contributed by atoms with Gasteiger partial charge in [-0.2, -0.15) is 0 Å². The number of thiol groups is 1. The van der Waals surface area contributed by atoms with Crippen molar-refractivity contribution < 1.29 is 5.11 Å². The zero-order valence-electron chi connectivity index (χ0n) is 5.13. The zero-order chi connectivity index (χ0) is 7.61. The molecule has 0 saturated carbocycles. The normalized spacial score (nSPS) is 32.4. The molecule has 3 N–H and O–H groups in total. The molecule has 0 spiro atoms. The molecule has 1 fully saturated rings. The lowest BCUT2D eigenvalue weighted by Gasteiger charge is -2.17. The molecular weight excluding hydrogens is 188 g/mol. The van der Waals surface area contributed by atoms with E-state index in [1.165, 1.54) is 11.8 Å². The highest BCUT2D eigenvalue weighted by atomic mass is 32.2. The maximum Gasteiger partial charge on any atom is 0.150 e. The molecule has 1 rings (SSSR count). The van der Waals surface area contributed by atoms with Gasteiger partial charge < -0.3 is 10.5 Å². The number of rotatable bonds is 2. The number of aliphatic hydroxyl groups is 1. The van der Waals surface area contributed by atoms with Crippen LogP contribution < -0.4 is 10.9 Å². The van der Waals surface area contributed by atoms with E-state index in [2.05, 4.69) is 23.5 Å². The predicted octanol–water partition coefficient (Wildman–Crippen LogP) is 0.0783. The minimum absolute atomic E-state index is 0.105. The predicted molar refractivity (Wildman–Crippen MR) is 49.9 cm³/mol. The van der Waals surface area contributed by atoms with Crippen LogP contribution in [0.2, 0.25) is 0 Å². The summed E-state index contributed by atoms with van der Waals surface area (Å²) in [5, 5.41) is 8.60. The second-order valence-electron chi connectivity index (χ2n) is 1.90. The Labute approximate surface area is 74.3 Å². The van der Waals surface area contributed by atoms with Gasteiger partial charge in [0, 0.05) is 13.0 Å². The summed E-state index contributed by atoms with van der Waals surface area (Å²) in [5.41, 5.74) is 5.61. The summed E-state index contributed by atoms with van der Waals surface area (Å²) < 4.78 is 0.245. The maximum atomic E-state index is 8.60. The van der Waals surface area contributed by atoms with Crippen molar-refractivity contribution in [3.63, 3.8) is 0 Å². The SMILES string of the molecule is OCCC1(S)NNC(=S)S1. The third kappa shape index (κ3) is 2.00.